The summed E-state index contributed by atoms with van der Waals surface area (Å²) in [5.41, 5.74) is 0.348. The second-order valence-corrected chi connectivity index (χ2v) is 8.70. The van der Waals surface area contributed by atoms with Crippen LogP contribution in [-0.2, 0) is 16.1 Å². The van der Waals surface area contributed by atoms with E-state index >= 15 is 0 Å². The Kier molecular flexibility index (Phi) is 8.17. The minimum Gasteiger partial charge on any atom is -0.356 e. The zero-order valence-corrected chi connectivity index (χ0v) is 18.5. The molecule has 31 heavy (non-hydrogen) atoms. The van der Waals surface area contributed by atoms with E-state index in [1.54, 1.807) is 18.2 Å². The maximum absolute atomic E-state index is 12.4. The number of nitrogens with one attached hydrogen (secondary N) is 2. The molecule has 2 atom stereocenters. The summed E-state index contributed by atoms with van der Waals surface area (Å²) in [7, 11) is 0. The number of para-hydroxylation sites is 1. The molecule has 168 valence electrons. The van der Waals surface area contributed by atoms with Gasteiger partial charge in [-0.15, -0.1) is 0 Å². The van der Waals surface area contributed by atoms with Gasteiger partial charge in [0.2, 0.25) is 11.8 Å². The Balaban J connectivity index is 1.32. The standard InChI is InChI=1S/C23H33N5O3/c1-17-12-18(2)14-27(13-17)11-5-9-24-21(29)8-10-25-22(30)15-28-16-26-20-7-4-3-6-19(20)23(28)31/h3-4,6-7,16-18H,5,8-15H2,1-2H3,(H,24,29)(H,25,30)/t17-,18-/m1/s1. The van der Waals surface area contributed by atoms with Gasteiger partial charge < -0.3 is 15.5 Å². The first-order valence-electron chi connectivity index (χ1n) is 11.1. The zero-order valence-electron chi connectivity index (χ0n) is 18.5. The van der Waals surface area contributed by atoms with Crippen molar-refractivity contribution in [3.63, 3.8) is 0 Å². The molecule has 0 bridgehead atoms. The van der Waals surface area contributed by atoms with Crippen molar-refractivity contribution in [3.05, 3.63) is 40.9 Å². The Bertz CT molecular complexity index is 948. The highest BCUT2D eigenvalue weighted by molar-refractivity contribution is 5.80. The third-order valence-electron chi connectivity index (χ3n) is 5.64. The number of hydrogen-bond donors (Lipinski definition) is 2. The minimum absolute atomic E-state index is 0.0785. The second kappa shape index (κ2) is 11.0. The molecule has 1 aliphatic rings. The summed E-state index contributed by atoms with van der Waals surface area (Å²) in [4.78, 5) is 43.2. The number of likely N-dealkylation sites (tertiary alicyclic amines) is 1. The predicted octanol–water partition coefficient (Wildman–Crippen LogP) is 1.39. The third-order valence-corrected chi connectivity index (χ3v) is 5.64. The van der Waals surface area contributed by atoms with Crippen molar-refractivity contribution in [1.29, 1.82) is 0 Å². The number of carbonyl (C=O) groups is 2. The van der Waals surface area contributed by atoms with Crippen molar-refractivity contribution in [3.8, 4) is 0 Å². The van der Waals surface area contributed by atoms with E-state index in [0.717, 1.165) is 37.9 Å². The van der Waals surface area contributed by atoms with E-state index in [-0.39, 0.29) is 36.9 Å². The molecule has 8 heteroatoms. The topological polar surface area (TPSA) is 96.3 Å². The summed E-state index contributed by atoms with van der Waals surface area (Å²) in [6.07, 6.45) is 3.82. The Hall–Kier alpha value is -2.74. The van der Waals surface area contributed by atoms with E-state index in [2.05, 4.69) is 34.4 Å². The van der Waals surface area contributed by atoms with Crippen LogP contribution in [0.2, 0.25) is 0 Å². The first-order valence-corrected chi connectivity index (χ1v) is 11.1. The van der Waals surface area contributed by atoms with Crippen LogP contribution in [-0.4, -0.2) is 59.0 Å². The maximum atomic E-state index is 12.4. The summed E-state index contributed by atoms with van der Waals surface area (Å²) >= 11 is 0. The molecule has 0 unspecified atom stereocenters. The van der Waals surface area contributed by atoms with Gasteiger partial charge in [0, 0.05) is 32.6 Å². The van der Waals surface area contributed by atoms with Crippen LogP contribution in [0.5, 0.6) is 0 Å². The van der Waals surface area contributed by atoms with E-state index < -0.39 is 0 Å². The normalized spacial score (nSPS) is 19.3. The number of piperidine rings is 1. The summed E-state index contributed by atoms with van der Waals surface area (Å²) in [6.45, 7) is 8.63. The Morgan fingerprint density at radius 1 is 1.06 bits per heavy atom. The van der Waals surface area contributed by atoms with Gasteiger partial charge in [0.05, 0.1) is 17.2 Å². The van der Waals surface area contributed by atoms with Crippen LogP contribution in [0.1, 0.15) is 33.1 Å². The lowest BCUT2D eigenvalue weighted by molar-refractivity contribution is -0.122. The number of rotatable bonds is 9. The fraction of sp³-hybridized carbons (Fsp3) is 0.565. The largest absolute Gasteiger partial charge is 0.356 e. The molecular formula is C23H33N5O3. The molecule has 2 N–H and O–H groups in total. The molecule has 8 nitrogen and oxygen atoms in total. The van der Waals surface area contributed by atoms with Crippen LogP contribution in [0, 0.1) is 11.8 Å². The first-order chi connectivity index (χ1) is 14.9. The zero-order chi connectivity index (χ0) is 22.2. The number of amides is 2. The molecule has 1 aromatic carbocycles. The smallest absolute Gasteiger partial charge is 0.261 e. The van der Waals surface area contributed by atoms with Crippen molar-refractivity contribution in [2.75, 3.05) is 32.7 Å². The number of benzene rings is 1. The van der Waals surface area contributed by atoms with Crippen LogP contribution < -0.4 is 16.2 Å². The SMILES string of the molecule is C[C@@H]1C[C@@H](C)CN(CCCNC(=O)CCNC(=O)Cn2cnc3ccccc3c2=O)C1. The number of hydrogen-bond acceptors (Lipinski definition) is 5. The molecule has 1 fully saturated rings. The maximum Gasteiger partial charge on any atom is 0.261 e. The Morgan fingerprint density at radius 3 is 2.55 bits per heavy atom. The van der Waals surface area contributed by atoms with Gasteiger partial charge in [-0.25, -0.2) is 4.98 Å². The molecule has 0 saturated carbocycles. The van der Waals surface area contributed by atoms with Gasteiger partial charge >= 0.3 is 0 Å². The Morgan fingerprint density at radius 2 is 1.77 bits per heavy atom. The van der Waals surface area contributed by atoms with E-state index in [1.807, 2.05) is 6.07 Å². The van der Waals surface area contributed by atoms with Crippen LogP contribution in [0.15, 0.2) is 35.4 Å². The molecule has 1 saturated heterocycles. The Labute approximate surface area is 183 Å². The van der Waals surface area contributed by atoms with Gasteiger partial charge in [0.15, 0.2) is 0 Å². The highest BCUT2D eigenvalue weighted by Gasteiger charge is 2.21. The minimum atomic E-state index is -0.319. The average molecular weight is 428 g/mol. The molecule has 2 heterocycles. The van der Waals surface area contributed by atoms with E-state index in [1.165, 1.54) is 17.3 Å². The van der Waals surface area contributed by atoms with Crippen LogP contribution >= 0.6 is 0 Å². The number of aromatic nitrogens is 2. The lowest BCUT2D eigenvalue weighted by Crippen LogP contribution is -2.40. The van der Waals surface area contributed by atoms with Gasteiger partial charge in [-0.1, -0.05) is 26.0 Å². The van der Waals surface area contributed by atoms with Gasteiger partial charge in [-0.05, 0) is 43.4 Å². The molecular weight excluding hydrogens is 394 g/mol. The molecule has 1 aromatic heterocycles. The first kappa shape index (κ1) is 22.9. The highest BCUT2D eigenvalue weighted by atomic mass is 16.2. The molecule has 1 aliphatic heterocycles. The lowest BCUT2D eigenvalue weighted by Gasteiger charge is -2.34. The van der Waals surface area contributed by atoms with Crippen molar-refractivity contribution in [2.45, 2.75) is 39.7 Å². The van der Waals surface area contributed by atoms with Gasteiger partial charge in [-0.2, -0.15) is 0 Å². The monoisotopic (exact) mass is 427 g/mol. The second-order valence-electron chi connectivity index (χ2n) is 8.70. The van der Waals surface area contributed by atoms with Crippen molar-refractivity contribution < 1.29 is 9.59 Å². The quantitative estimate of drug-likeness (QED) is 0.590. The summed E-state index contributed by atoms with van der Waals surface area (Å²) in [6, 6.07) is 7.02. The third kappa shape index (κ3) is 6.89. The highest BCUT2D eigenvalue weighted by Crippen LogP contribution is 2.20. The van der Waals surface area contributed by atoms with Gasteiger partial charge in [0.25, 0.3) is 5.56 Å². The van der Waals surface area contributed by atoms with Crippen LogP contribution in [0.3, 0.4) is 0 Å². The summed E-state index contributed by atoms with van der Waals surface area (Å²) < 4.78 is 1.28. The number of carbonyl (C=O) groups excluding carboxylic acids is 2. The molecule has 2 amide bonds. The predicted molar refractivity (Wildman–Crippen MR) is 121 cm³/mol. The van der Waals surface area contributed by atoms with Crippen molar-refractivity contribution in [1.82, 2.24) is 25.1 Å². The van der Waals surface area contributed by atoms with E-state index in [4.69, 9.17) is 0 Å². The molecule has 0 spiro atoms. The summed E-state index contributed by atoms with van der Waals surface area (Å²) in [5, 5.41) is 6.09. The van der Waals surface area contributed by atoms with E-state index in [9.17, 15) is 14.4 Å². The number of nitrogens with zero attached hydrogens (tertiary/aromatic N) is 3. The van der Waals surface area contributed by atoms with Gasteiger partial charge in [-0.3, -0.25) is 19.0 Å². The van der Waals surface area contributed by atoms with Crippen LogP contribution in [0.4, 0.5) is 0 Å². The lowest BCUT2D eigenvalue weighted by atomic mass is 9.92. The summed E-state index contributed by atoms with van der Waals surface area (Å²) in [5.74, 6) is 1.08. The fourth-order valence-corrected chi connectivity index (χ4v) is 4.34. The molecule has 2 aromatic rings. The molecule has 3 rings (SSSR count). The van der Waals surface area contributed by atoms with Gasteiger partial charge in [0.1, 0.15) is 6.54 Å². The van der Waals surface area contributed by atoms with Crippen LogP contribution in [0.25, 0.3) is 10.9 Å². The molecule has 0 aliphatic carbocycles. The fourth-order valence-electron chi connectivity index (χ4n) is 4.34. The van der Waals surface area contributed by atoms with Crippen molar-refractivity contribution in [2.24, 2.45) is 11.8 Å². The molecule has 0 radical (unpaired) electrons. The number of fused-ring (bicyclic) bond motifs is 1. The van der Waals surface area contributed by atoms with E-state index in [0.29, 0.717) is 17.4 Å². The average Bonchev–Trinajstić information content (AvgIpc) is 2.73. The van der Waals surface area contributed by atoms with Crippen molar-refractivity contribution >= 4 is 22.7 Å².